The molecule has 0 spiro atoms. The maximum atomic E-state index is 13.2. The number of anilines is 1. The Morgan fingerprint density at radius 1 is 1.04 bits per heavy atom. The van der Waals surface area contributed by atoms with E-state index in [1.54, 1.807) is 54.6 Å². The van der Waals surface area contributed by atoms with E-state index in [0.29, 0.717) is 16.3 Å². The molecule has 0 bridgehead atoms. The topological polar surface area (TPSA) is 54.9 Å². The Balaban J connectivity index is 1.79. The number of alkyl halides is 3. The Hall–Kier alpha value is -2.58. The highest BCUT2D eigenvalue weighted by molar-refractivity contribution is 7.99. The molecule has 1 amide bonds. The lowest BCUT2D eigenvalue weighted by Crippen LogP contribution is -2.15. The molecule has 4 nitrogen and oxygen atoms in total. The average molecular weight is 424 g/mol. The summed E-state index contributed by atoms with van der Waals surface area (Å²) in [4.78, 5) is 19.8. The third-order valence-electron chi connectivity index (χ3n) is 3.55. The highest BCUT2D eigenvalue weighted by Crippen LogP contribution is 2.32. The molecular weight excluding hydrogens is 411 g/mol. The van der Waals surface area contributed by atoms with Gasteiger partial charge in [-0.05, 0) is 18.2 Å². The Morgan fingerprint density at radius 2 is 1.71 bits per heavy atom. The fourth-order valence-corrected chi connectivity index (χ4v) is 3.11. The van der Waals surface area contributed by atoms with Crippen LogP contribution in [0.15, 0.2) is 65.8 Å². The maximum Gasteiger partial charge on any atom is 0.433 e. The van der Waals surface area contributed by atoms with Crippen molar-refractivity contribution >= 4 is 35.0 Å². The molecule has 0 aliphatic carbocycles. The van der Waals surface area contributed by atoms with Crippen LogP contribution in [0.25, 0.3) is 11.3 Å². The first-order valence-electron chi connectivity index (χ1n) is 8.02. The molecule has 9 heteroatoms. The van der Waals surface area contributed by atoms with E-state index in [1.165, 1.54) is 0 Å². The summed E-state index contributed by atoms with van der Waals surface area (Å²) in [5.74, 6) is -0.596. The quantitative estimate of drug-likeness (QED) is 0.432. The van der Waals surface area contributed by atoms with Gasteiger partial charge in [-0.15, -0.1) is 0 Å². The van der Waals surface area contributed by atoms with Crippen LogP contribution in [0.5, 0.6) is 0 Å². The van der Waals surface area contributed by atoms with Crippen molar-refractivity contribution in [2.24, 2.45) is 0 Å². The highest BCUT2D eigenvalue weighted by atomic mass is 35.5. The zero-order valence-electron chi connectivity index (χ0n) is 14.2. The third-order valence-corrected chi connectivity index (χ3v) is 4.72. The summed E-state index contributed by atoms with van der Waals surface area (Å²) in [5, 5.41) is 2.83. The monoisotopic (exact) mass is 423 g/mol. The van der Waals surface area contributed by atoms with Gasteiger partial charge in [0, 0.05) is 5.56 Å². The fraction of sp³-hybridized carbons (Fsp3) is 0.105. The van der Waals surface area contributed by atoms with Gasteiger partial charge in [0.15, 0.2) is 5.16 Å². The number of para-hydroxylation sites is 1. The molecule has 0 saturated heterocycles. The van der Waals surface area contributed by atoms with Gasteiger partial charge in [0.1, 0.15) is 5.69 Å². The van der Waals surface area contributed by atoms with E-state index in [-0.39, 0.29) is 16.6 Å². The van der Waals surface area contributed by atoms with E-state index in [1.807, 2.05) is 0 Å². The molecule has 144 valence electrons. The van der Waals surface area contributed by atoms with Crippen molar-refractivity contribution < 1.29 is 18.0 Å². The molecule has 28 heavy (non-hydrogen) atoms. The van der Waals surface area contributed by atoms with Crippen LogP contribution < -0.4 is 5.32 Å². The number of hydrogen-bond donors (Lipinski definition) is 1. The molecule has 1 aromatic heterocycles. The van der Waals surface area contributed by atoms with Crippen molar-refractivity contribution in [3.8, 4) is 11.3 Å². The first kappa shape index (κ1) is 20.2. The van der Waals surface area contributed by atoms with Crippen molar-refractivity contribution in [1.82, 2.24) is 9.97 Å². The number of halogens is 4. The largest absolute Gasteiger partial charge is 0.433 e. The van der Waals surface area contributed by atoms with Gasteiger partial charge >= 0.3 is 6.18 Å². The van der Waals surface area contributed by atoms with Crippen molar-refractivity contribution in [2.75, 3.05) is 11.1 Å². The summed E-state index contributed by atoms with van der Waals surface area (Å²) >= 11 is 6.79. The van der Waals surface area contributed by atoms with Crippen LogP contribution in [0.3, 0.4) is 0 Å². The number of benzene rings is 2. The number of nitrogens with zero attached hydrogens (tertiary/aromatic N) is 2. The van der Waals surface area contributed by atoms with Crippen LogP contribution in [0.4, 0.5) is 18.9 Å². The number of rotatable bonds is 5. The molecule has 3 rings (SSSR count). The summed E-state index contributed by atoms with van der Waals surface area (Å²) in [7, 11) is 0. The zero-order chi connectivity index (χ0) is 20.1. The summed E-state index contributed by atoms with van der Waals surface area (Å²) in [6.07, 6.45) is -4.62. The molecule has 2 aromatic carbocycles. The van der Waals surface area contributed by atoms with Gasteiger partial charge in [0.05, 0.1) is 22.2 Å². The summed E-state index contributed by atoms with van der Waals surface area (Å²) in [6.45, 7) is 0. The SMILES string of the molecule is O=C(CSc1nc(-c2ccccc2)cc(C(F)(F)F)n1)Nc1ccccc1Cl. The van der Waals surface area contributed by atoms with Crippen LogP contribution in [0.2, 0.25) is 5.02 Å². The summed E-state index contributed by atoms with van der Waals surface area (Å²) < 4.78 is 39.6. The second-order valence-corrected chi connectivity index (χ2v) is 6.95. The smallest absolute Gasteiger partial charge is 0.324 e. The van der Waals surface area contributed by atoms with Crippen molar-refractivity contribution in [2.45, 2.75) is 11.3 Å². The van der Waals surface area contributed by atoms with Crippen molar-refractivity contribution in [1.29, 1.82) is 0 Å². The van der Waals surface area contributed by atoms with Crippen LogP contribution in [0, 0.1) is 0 Å². The number of aromatic nitrogens is 2. The van der Waals surface area contributed by atoms with Gasteiger partial charge in [-0.1, -0.05) is 65.8 Å². The second-order valence-electron chi connectivity index (χ2n) is 5.60. The third kappa shape index (κ3) is 5.24. The molecule has 0 radical (unpaired) electrons. The maximum absolute atomic E-state index is 13.2. The molecule has 0 aliphatic heterocycles. The predicted molar refractivity (Wildman–Crippen MR) is 103 cm³/mol. The van der Waals surface area contributed by atoms with Crippen LogP contribution in [-0.4, -0.2) is 21.6 Å². The molecule has 0 fully saturated rings. The Labute approximate surface area is 168 Å². The van der Waals surface area contributed by atoms with Gasteiger partial charge in [0.25, 0.3) is 0 Å². The zero-order valence-corrected chi connectivity index (χ0v) is 15.8. The number of carbonyl (C=O) groups excluding carboxylic acids is 1. The Bertz CT molecular complexity index is 984. The minimum absolute atomic E-state index is 0.136. The van der Waals surface area contributed by atoms with Gasteiger partial charge < -0.3 is 5.32 Å². The Morgan fingerprint density at radius 3 is 2.39 bits per heavy atom. The van der Waals surface area contributed by atoms with Crippen LogP contribution in [-0.2, 0) is 11.0 Å². The fourth-order valence-electron chi connectivity index (χ4n) is 2.27. The van der Waals surface area contributed by atoms with E-state index in [0.717, 1.165) is 17.8 Å². The molecule has 1 N–H and O–H groups in total. The van der Waals surface area contributed by atoms with E-state index in [9.17, 15) is 18.0 Å². The minimum atomic E-state index is -4.62. The number of carbonyl (C=O) groups is 1. The van der Waals surface area contributed by atoms with E-state index in [4.69, 9.17) is 11.6 Å². The second kappa shape index (κ2) is 8.62. The average Bonchev–Trinajstić information content (AvgIpc) is 2.68. The predicted octanol–water partition coefficient (Wildman–Crippen LogP) is 5.55. The first-order valence-corrected chi connectivity index (χ1v) is 9.38. The Kier molecular flexibility index (Phi) is 6.21. The standard InChI is InChI=1S/C19H13ClF3N3OS/c20-13-8-4-5-9-14(13)24-17(27)11-28-18-25-15(12-6-2-1-3-7-12)10-16(26-18)19(21,22)23/h1-10H,11H2,(H,24,27). The molecule has 3 aromatic rings. The molecular formula is C19H13ClF3N3OS. The van der Waals surface area contributed by atoms with Crippen molar-refractivity contribution in [3.63, 3.8) is 0 Å². The lowest BCUT2D eigenvalue weighted by Gasteiger charge is -2.11. The normalized spacial score (nSPS) is 11.3. The molecule has 0 saturated carbocycles. The van der Waals surface area contributed by atoms with Gasteiger partial charge in [-0.2, -0.15) is 13.2 Å². The minimum Gasteiger partial charge on any atom is -0.324 e. The number of hydrogen-bond acceptors (Lipinski definition) is 4. The molecule has 0 atom stereocenters. The van der Waals surface area contributed by atoms with Gasteiger partial charge in [0.2, 0.25) is 5.91 Å². The lowest BCUT2D eigenvalue weighted by atomic mass is 10.1. The van der Waals surface area contributed by atoms with Crippen molar-refractivity contribution in [3.05, 3.63) is 71.4 Å². The van der Waals surface area contributed by atoms with E-state index < -0.39 is 17.8 Å². The summed E-state index contributed by atoms with van der Waals surface area (Å²) in [6, 6.07) is 16.0. The molecule has 1 heterocycles. The van der Waals surface area contributed by atoms with Gasteiger partial charge in [-0.3, -0.25) is 4.79 Å². The lowest BCUT2D eigenvalue weighted by molar-refractivity contribution is -0.141. The van der Waals surface area contributed by atoms with E-state index in [2.05, 4.69) is 15.3 Å². The van der Waals surface area contributed by atoms with E-state index >= 15 is 0 Å². The summed E-state index contributed by atoms with van der Waals surface area (Å²) in [5.41, 5.74) is 0.0229. The highest BCUT2D eigenvalue weighted by Gasteiger charge is 2.34. The number of amides is 1. The van der Waals surface area contributed by atoms with Gasteiger partial charge in [-0.25, -0.2) is 9.97 Å². The number of thioether (sulfide) groups is 1. The van der Waals surface area contributed by atoms with Crippen LogP contribution in [0.1, 0.15) is 5.69 Å². The molecule has 0 unspecified atom stereocenters. The molecule has 0 aliphatic rings. The first-order chi connectivity index (χ1) is 13.3. The van der Waals surface area contributed by atoms with Crippen LogP contribution >= 0.6 is 23.4 Å². The number of nitrogens with one attached hydrogen (secondary N) is 1.